The first kappa shape index (κ1) is 20.5. The van der Waals surface area contributed by atoms with Crippen molar-refractivity contribution in [1.82, 2.24) is 19.6 Å². The molecule has 0 radical (unpaired) electrons. The number of sulfone groups is 1. The third-order valence-electron chi connectivity index (χ3n) is 6.91. The number of hydrogen-bond donors (Lipinski definition) is 1. The molecule has 0 amide bonds. The van der Waals surface area contributed by atoms with E-state index in [1.807, 2.05) is 0 Å². The molecule has 2 aromatic heterocycles. The number of nitrogens with one attached hydrogen (secondary N) is 1. The summed E-state index contributed by atoms with van der Waals surface area (Å²) in [6.07, 6.45) is 4.13. The number of benzene rings is 2. The second kappa shape index (κ2) is 6.85. The Bertz CT molecular complexity index is 1730. The van der Waals surface area contributed by atoms with Crippen molar-refractivity contribution in [1.29, 1.82) is 0 Å². The highest BCUT2D eigenvalue weighted by Gasteiger charge is 2.49. The summed E-state index contributed by atoms with van der Waals surface area (Å²) in [4.78, 5) is 4.44. The second-order valence-corrected chi connectivity index (χ2v) is 10.7. The molecule has 11 heteroatoms. The van der Waals surface area contributed by atoms with E-state index in [1.165, 1.54) is 25.4 Å². The summed E-state index contributed by atoms with van der Waals surface area (Å²) in [5.74, 6) is 1.10. The zero-order valence-electron chi connectivity index (χ0n) is 18.3. The maximum Gasteiger partial charge on any atom is 0.234 e. The van der Waals surface area contributed by atoms with Gasteiger partial charge in [-0.25, -0.2) is 17.8 Å². The summed E-state index contributed by atoms with van der Waals surface area (Å²) in [6.45, 7) is 1.65. The SMILES string of the molecule is CC1=C(F)S(=O)(=O)c2ccc(-c3cnc(NCc4c(F)ccc5c4[C@H]4C[C@H]4O5)n4cnnc34)cc21. The van der Waals surface area contributed by atoms with Crippen molar-refractivity contribution in [2.45, 2.75) is 36.8 Å². The van der Waals surface area contributed by atoms with Crippen LogP contribution in [0.3, 0.4) is 0 Å². The first-order valence-corrected chi connectivity index (χ1v) is 12.5. The predicted octanol–water partition coefficient (Wildman–Crippen LogP) is 4.24. The number of aromatic nitrogens is 4. The van der Waals surface area contributed by atoms with Crippen molar-refractivity contribution >= 4 is 27.0 Å². The maximum atomic E-state index is 14.7. The first-order valence-electron chi connectivity index (χ1n) is 11.0. The quantitative estimate of drug-likeness (QED) is 0.454. The van der Waals surface area contributed by atoms with Gasteiger partial charge in [-0.05, 0) is 43.2 Å². The molecule has 1 aliphatic carbocycles. The normalized spacial score (nSPS) is 21.0. The van der Waals surface area contributed by atoms with Crippen LogP contribution in [0.15, 0.2) is 52.9 Å². The number of fused-ring (bicyclic) bond motifs is 5. The third-order valence-corrected chi connectivity index (χ3v) is 8.62. The lowest BCUT2D eigenvalue weighted by Gasteiger charge is -2.14. The molecule has 4 heterocycles. The molecule has 0 spiro atoms. The Morgan fingerprint density at radius 2 is 2.06 bits per heavy atom. The molecule has 35 heavy (non-hydrogen) atoms. The van der Waals surface area contributed by atoms with Crippen molar-refractivity contribution in [3.63, 3.8) is 0 Å². The summed E-state index contributed by atoms with van der Waals surface area (Å²) in [6, 6.07) is 7.69. The molecule has 1 N–H and O–H groups in total. The van der Waals surface area contributed by atoms with E-state index in [2.05, 4.69) is 20.5 Å². The van der Waals surface area contributed by atoms with Crippen molar-refractivity contribution in [2.24, 2.45) is 0 Å². The molecule has 176 valence electrons. The molecule has 8 nitrogen and oxygen atoms in total. The second-order valence-electron chi connectivity index (χ2n) is 8.92. The molecule has 0 saturated heterocycles. The van der Waals surface area contributed by atoms with E-state index in [4.69, 9.17) is 4.74 Å². The van der Waals surface area contributed by atoms with Gasteiger partial charge in [-0.15, -0.1) is 10.2 Å². The first-order chi connectivity index (χ1) is 16.8. The van der Waals surface area contributed by atoms with Crippen LogP contribution in [0.25, 0.3) is 22.3 Å². The number of anilines is 1. The highest BCUT2D eigenvalue weighted by molar-refractivity contribution is 7.95. The maximum absolute atomic E-state index is 14.7. The topological polar surface area (TPSA) is 98.5 Å². The molecule has 2 atom stereocenters. The molecular formula is C24H17F2N5O3S. The fraction of sp³-hybridized carbons (Fsp3) is 0.208. The lowest BCUT2D eigenvalue weighted by Crippen LogP contribution is -2.10. The molecule has 3 aliphatic rings. The average Bonchev–Trinajstić information content (AvgIpc) is 3.20. The van der Waals surface area contributed by atoms with Gasteiger partial charge in [0.2, 0.25) is 20.9 Å². The largest absolute Gasteiger partial charge is 0.489 e. The highest BCUT2D eigenvalue weighted by atomic mass is 32.2. The van der Waals surface area contributed by atoms with Crippen molar-refractivity contribution in [2.75, 3.05) is 5.32 Å². The van der Waals surface area contributed by atoms with E-state index in [0.717, 1.165) is 17.7 Å². The Balaban J connectivity index is 1.25. The van der Waals surface area contributed by atoms with Crippen LogP contribution in [-0.4, -0.2) is 34.1 Å². The highest BCUT2D eigenvalue weighted by Crippen LogP contribution is 2.55. The van der Waals surface area contributed by atoms with Crippen molar-refractivity contribution in [3.05, 3.63) is 70.5 Å². The number of hydrogen-bond acceptors (Lipinski definition) is 7. The minimum atomic E-state index is -4.10. The summed E-state index contributed by atoms with van der Waals surface area (Å²) >= 11 is 0. The van der Waals surface area contributed by atoms with E-state index < -0.39 is 15.0 Å². The summed E-state index contributed by atoms with van der Waals surface area (Å²) in [5, 5.41) is 10.2. The van der Waals surface area contributed by atoms with Crippen LogP contribution in [0, 0.1) is 5.82 Å². The fourth-order valence-corrected chi connectivity index (χ4v) is 6.48. The molecule has 1 saturated carbocycles. The zero-order valence-corrected chi connectivity index (χ0v) is 19.1. The van der Waals surface area contributed by atoms with Gasteiger partial charge in [0.25, 0.3) is 0 Å². The molecule has 2 aromatic carbocycles. The summed E-state index contributed by atoms with van der Waals surface area (Å²) in [5.41, 5.74) is 3.54. The van der Waals surface area contributed by atoms with Crippen LogP contribution >= 0.6 is 0 Å². The van der Waals surface area contributed by atoms with E-state index in [9.17, 15) is 17.2 Å². The van der Waals surface area contributed by atoms with Gasteiger partial charge in [-0.2, -0.15) is 4.39 Å². The third kappa shape index (κ3) is 2.81. The average molecular weight is 493 g/mol. The van der Waals surface area contributed by atoms with Crippen molar-refractivity contribution < 1.29 is 21.9 Å². The molecule has 2 aliphatic heterocycles. The van der Waals surface area contributed by atoms with Gasteiger partial charge in [0.05, 0.1) is 4.90 Å². The minimum Gasteiger partial charge on any atom is -0.489 e. The molecule has 1 fully saturated rings. The van der Waals surface area contributed by atoms with E-state index >= 15 is 0 Å². The van der Waals surface area contributed by atoms with E-state index in [0.29, 0.717) is 33.8 Å². The summed E-state index contributed by atoms with van der Waals surface area (Å²) < 4.78 is 60.9. The zero-order chi connectivity index (χ0) is 24.1. The number of nitrogens with zero attached hydrogens (tertiary/aromatic N) is 4. The molecule has 0 bridgehead atoms. The minimum absolute atomic E-state index is 0.0562. The van der Waals surface area contributed by atoms with E-state index in [-0.39, 0.29) is 34.9 Å². The Labute approximate surface area is 198 Å². The Kier molecular flexibility index (Phi) is 4.01. The van der Waals surface area contributed by atoms with Gasteiger partial charge in [0.1, 0.15) is 24.0 Å². The van der Waals surface area contributed by atoms with Crippen LogP contribution in [0.1, 0.15) is 36.0 Å². The standard InChI is InChI=1S/C24H17F2N5O3S/c1-11-13-6-12(2-5-20(13)35(32,33)22(11)26)15-8-27-24(31-10-29-30-23(15)31)28-9-16-17(25)3-4-18-21(16)14-7-19(14)34-18/h2-6,8,10,14,19H,7,9H2,1H3,(H,27,28)/t14-,19+/m0/s1. The Morgan fingerprint density at radius 3 is 2.91 bits per heavy atom. The lowest BCUT2D eigenvalue weighted by molar-refractivity contribution is 0.318. The molecule has 0 unspecified atom stereocenters. The van der Waals surface area contributed by atoms with Crippen molar-refractivity contribution in [3.8, 4) is 16.9 Å². The number of ether oxygens (including phenoxy) is 1. The van der Waals surface area contributed by atoms with Crippen LogP contribution < -0.4 is 10.1 Å². The van der Waals surface area contributed by atoms with Crippen LogP contribution in [-0.2, 0) is 16.4 Å². The lowest BCUT2D eigenvalue weighted by atomic mass is 10.0. The van der Waals surface area contributed by atoms with E-state index in [1.54, 1.807) is 28.8 Å². The molecule has 7 rings (SSSR count). The smallest absolute Gasteiger partial charge is 0.234 e. The van der Waals surface area contributed by atoms with Gasteiger partial charge < -0.3 is 10.1 Å². The molecule has 4 aromatic rings. The van der Waals surface area contributed by atoms with Crippen LogP contribution in [0.4, 0.5) is 14.7 Å². The molecular weight excluding hydrogens is 476 g/mol. The fourth-order valence-electron chi connectivity index (χ4n) is 5.02. The summed E-state index contributed by atoms with van der Waals surface area (Å²) in [7, 11) is -4.10. The van der Waals surface area contributed by atoms with Gasteiger partial charge >= 0.3 is 0 Å². The Hall–Kier alpha value is -3.86. The van der Waals surface area contributed by atoms with Crippen LogP contribution in [0.5, 0.6) is 5.75 Å². The van der Waals surface area contributed by atoms with Gasteiger partial charge in [0.15, 0.2) is 5.65 Å². The number of allylic oxidation sites excluding steroid dienone is 1. The van der Waals surface area contributed by atoms with Gasteiger partial charge in [0, 0.05) is 46.5 Å². The van der Waals surface area contributed by atoms with Crippen LogP contribution in [0.2, 0.25) is 0 Å². The number of halogens is 2. The van der Waals surface area contributed by atoms with Gasteiger partial charge in [-0.3, -0.25) is 4.40 Å². The predicted molar refractivity (Wildman–Crippen MR) is 123 cm³/mol. The van der Waals surface area contributed by atoms with Gasteiger partial charge in [-0.1, -0.05) is 6.07 Å². The number of rotatable bonds is 4. The monoisotopic (exact) mass is 493 g/mol. The Morgan fingerprint density at radius 1 is 1.20 bits per heavy atom.